The van der Waals surface area contributed by atoms with E-state index in [9.17, 15) is 23.1 Å². The van der Waals surface area contributed by atoms with Gasteiger partial charge in [-0.1, -0.05) is 24.3 Å². The van der Waals surface area contributed by atoms with E-state index in [-0.39, 0.29) is 34.7 Å². The molecule has 3 aromatic rings. The average Bonchev–Trinajstić information content (AvgIpc) is 3.31. The van der Waals surface area contributed by atoms with Crippen LogP contribution in [-0.2, 0) is 17.4 Å². The third kappa shape index (κ3) is 4.62. The Labute approximate surface area is 234 Å². The first-order valence-corrected chi connectivity index (χ1v) is 13.3. The van der Waals surface area contributed by atoms with E-state index in [0.29, 0.717) is 19.6 Å². The summed E-state index contributed by atoms with van der Waals surface area (Å²) in [5.41, 5.74) is 2.96. The highest BCUT2D eigenvalue weighted by atomic mass is 19.4. The minimum atomic E-state index is -4.65. The number of carboxylic acid groups (broad SMARTS) is 1. The molecule has 3 aromatic carbocycles. The Morgan fingerprint density at radius 2 is 1.88 bits per heavy atom. The molecule has 11 heteroatoms. The molecule has 1 saturated heterocycles. The third-order valence-corrected chi connectivity index (χ3v) is 8.15. The Hall–Kier alpha value is -4.28. The maximum Gasteiger partial charge on any atom is 0.416 e. The second-order valence-electron chi connectivity index (χ2n) is 10.5. The van der Waals surface area contributed by atoms with E-state index < -0.39 is 36.0 Å². The van der Waals surface area contributed by atoms with Crippen molar-refractivity contribution in [2.45, 2.75) is 38.0 Å². The molecule has 2 atom stereocenters. The monoisotopic (exact) mass is 568 g/mol. The molecule has 214 valence electrons. The molecule has 2 unspecified atom stereocenters. The van der Waals surface area contributed by atoms with E-state index in [2.05, 4.69) is 28.9 Å². The lowest BCUT2D eigenvalue weighted by atomic mass is 9.96. The fourth-order valence-corrected chi connectivity index (χ4v) is 6.26. The maximum absolute atomic E-state index is 15.2. The van der Waals surface area contributed by atoms with Gasteiger partial charge in [-0.2, -0.15) is 13.2 Å². The molecule has 0 aliphatic carbocycles. The lowest BCUT2D eigenvalue weighted by molar-refractivity contribution is -0.138. The van der Waals surface area contributed by atoms with Gasteiger partial charge in [-0.25, -0.2) is 9.38 Å². The summed E-state index contributed by atoms with van der Waals surface area (Å²) in [6, 6.07) is 12.5. The summed E-state index contributed by atoms with van der Waals surface area (Å²) in [5.74, 6) is -1.51. The molecule has 0 bridgehead atoms. The molecule has 3 aliphatic rings. The average molecular weight is 569 g/mol. The van der Waals surface area contributed by atoms with Crippen molar-refractivity contribution in [3.05, 3.63) is 82.7 Å². The number of halogens is 4. The van der Waals surface area contributed by atoms with E-state index in [1.807, 2.05) is 11.0 Å². The minimum Gasteiger partial charge on any atom is -0.495 e. The van der Waals surface area contributed by atoms with Gasteiger partial charge in [0.1, 0.15) is 17.3 Å². The Balaban J connectivity index is 1.49. The van der Waals surface area contributed by atoms with Gasteiger partial charge in [-0.05, 0) is 54.8 Å². The topological polar surface area (TPSA) is 68.6 Å². The third-order valence-electron chi connectivity index (χ3n) is 8.15. The summed E-state index contributed by atoms with van der Waals surface area (Å²) >= 11 is 0. The summed E-state index contributed by atoms with van der Waals surface area (Å²) in [6.45, 7) is 3.60. The van der Waals surface area contributed by atoms with Gasteiger partial charge in [0.2, 0.25) is 5.96 Å². The van der Waals surface area contributed by atoms with Crippen LogP contribution in [0.15, 0.2) is 59.6 Å². The number of para-hydroxylation sites is 1. The number of methoxy groups -OCH3 is 1. The number of carbonyl (C=O) groups is 1. The van der Waals surface area contributed by atoms with Crippen LogP contribution >= 0.6 is 0 Å². The lowest BCUT2D eigenvalue weighted by Gasteiger charge is -2.46. The van der Waals surface area contributed by atoms with Crippen LogP contribution < -0.4 is 14.5 Å². The van der Waals surface area contributed by atoms with Crippen LogP contribution in [0, 0.1) is 12.7 Å². The summed E-state index contributed by atoms with van der Waals surface area (Å²) in [6.07, 6.45) is -4.37. The number of nitrogens with zero attached hydrogens (tertiary/aromatic N) is 4. The number of hydrogen-bond donors (Lipinski definition) is 1. The van der Waals surface area contributed by atoms with E-state index >= 15 is 4.39 Å². The molecule has 0 saturated carbocycles. The molecule has 3 heterocycles. The highest BCUT2D eigenvalue weighted by Gasteiger charge is 2.42. The number of ether oxygens (including phenoxy) is 1. The predicted molar refractivity (Wildman–Crippen MR) is 147 cm³/mol. The highest BCUT2D eigenvalue weighted by molar-refractivity contribution is 6.02. The van der Waals surface area contributed by atoms with Crippen LogP contribution in [0.5, 0.6) is 5.75 Å². The van der Waals surface area contributed by atoms with Crippen LogP contribution in [-0.4, -0.2) is 54.7 Å². The van der Waals surface area contributed by atoms with Crippen LogP contribution in [0.2, 0.25) is 0 Å². The van der Waals surface area contributed by atoms with E-state index in [1.165, 1.54) is 41.3 Å². The number of aryl methyl sites for hydroxylation is 1. The number of anilines is 2. The number of fused-ring (bicyclic) bond motifs is 4. The lowest BCUT2D eigenvalue weighted by Crippen LogP contribution is -2.58. The smallest absolute Gasteiger partial charge is 0.416 e. The fourth-order valence-electron chi connectivity index (χ4n) is 6.26. The summed E-state index contributed by atoms with van der Waals surface area (Å²) in [5, 5.41) is 9.89. The molecule has 7 nitrogen and oxygen atoms in total. The first kappa shape index (κ1) is 26.9. The summed E-state index contributed by atoms with van der Waals surface area (Å²) in [4.78, 5) is 22.5. The van der Waals surface area contributed by atoms with Crippen molar-refractivity contribution >= 4 is 29.0 Å². The first-order valence-electron chi connectivity index (χ1n) is 13.3. The largest absolute Gasteiger partial charge is 0.495 e. The zero-order valence-electron chi connectivity index (χ0n) is 22.5. The predicted octanol–water partition coefficient (Wildman–Crippen LogP) is 5.93. The van der Waals surface area contributed by atoms with Crippen molar-refractivity contribution in [1.82, 2.24) is 4.90 Å². The zero-order valence-corrected chi connectivity index (χ0v) is 22.5. The number of guanidine groups is 1. The first-order chi connectivity index (χ1) is 19.6. The molecule has 0 radical (unpaired) electrons. The molecular formula is C30H28F4N4O3. The number of hydrogen-bond acceptors (Lipinski definition) is 6. The van der Waals surface area contributed by atoms with Gasteiger partial charge in [0.25, 0.3) is 0 Å². The van der Waals surface area contributed by atoms with Crippen molar-refractivity contribution in [3.8, 4) is 5.75 Å². The number of benzene rings is 3. The van der Waals surface area contributed by atoms with E-state index in [0.717, 1.165) is 24.2 Å². The number of aliphatic carboxylic acids is 1. The minimum absolute atomic E-state index is 0.00946. The van der Waals surface area contributed by atoms with Crippen molar-refractivity contribution in [2.24, 2.45) is 4.99 Å². The second-order valence-corrected chi connectivity index (χ2v) is 10.5. The van der Waals surface area contributed by atoms with Crippen LogP contribution in [0.3, 0.4) is 0 Å². The molecule has 0 amide bonds. The van der Waals surface area contributed by atoms with E-state index in [1.54, 1.807) is 6.07 Å². The van der Waals surface area contributed by atoms with Gasteiger partial charge >= 0.3 is 12.1 Å². The molecule has 0 aromatic heterocycles. The molecule has 41 heavy (non-hydrogen) atoms. The van der Waals surface area contributed by atoms with Crippen molar-refractivity contribution in [2.75, 3.05) is 36.5 Å². The summed E-state index contributed by atoms with van der Waals surface area (Å²) < 4.78 is 62.3. The van der Waals surface area contributed by atoms with Gasteiger partial charge in [0.15, 0.2) is 0 Å². The standard InChI is InChI=1S/C30H28F4N4O3/c1-17-5-3-8-23-21(17)14-19-16-36(11-12-37(19)23)29-35-28-20(6-4-7-22(28)31)24(15-27(39)40)38(29)25-13-18(30(32,33)34)9-10-26(25)41-2/h3-10,13,19,24H,11-12,14-16H2,1-2H3,(H,39,40). The van der Waals surface area contributed by atoms with Gasteiger partial charge in [0.05, 0.1) is 36.9 Å². The van der Waals surface area contributed by atoms with Crippen LogP contribution in [0.4, 0.5) is 34.6 Å². The molecule has 1 fully saturated rings. The molecule has 6 rings (SSSR count). The number of alkyl halides is 3. The Kier molecular flexibility index (Phi) is 6.55. The molecule has 1 N–H and O–H groups in total. The van der Waals surface area contributed by atoms with Crippen molar-refractivity contribution < 1.29 is 32.2 Å². The fraction of sp³-hybridized carbons (Fsp3) is 0.333. The van der Waals surface area contributed by atoms with Crippen molar-refractivity contribution in [1.29, 1.82) is 0 Å². The van der Waals surface area contributed by atoms with E-state index in [4.69, 9.17) is 4.74 Å². The molecule has 0 spiro atoms. The summed E-state index contributed by atoms with van der Waals surface area (Å²) in [7, 11) is 1.34. The maximum atomic E-state index is 15.2. The zero-order chi connectivity index (χ0) is 29.1. The Morgan fingerprint density at radius 1 is 1.10 bits per heavy atom. The Bertz CT molecular complexity index is 1560. The highest BCUT2D eigenvalue weighted by Crippen LogP contribution is 2.46. The SMILES string of the molecule is COc1ccc(C(F)(F)F)cc1N1C(N2CCN3c4cccc(C)c4CC3C2)=Nc2c(F)cccc2C1CC(=O)O. The number of piperazine rings is 1. The number of carboxylic acids is 1. The van der Waals surface area contributed by atoms with Gasteiger partial charge < -0.3 is 24.5 Å². The van der Waals surface area contributed by atoms with Gasteiger partial charge in [-0.15, -0.1) is 0 Å². The normalized spacial score (nSPS) is 19.9. The van der Waals surface area contributed by atoms with Crippen LogP contribution in [0.1, 0.15) is 34.7 Å². The van der Waals surface area contributed by atoms with Gasteiger partial charge in [0, 0.05) is 30.9 Å². The number of rotatable bonds is 4. The number of aliphatic imine (C=N–C) groups is 1. The Morgan fingerprint density at radius 3 is 2.61 bits per heavy atom. The van der Waals surface area contributed by atoms with Gasteiger partial charge in [-0.3, -0.25) is 4.79 Å². The van der Waals surface area contributed by atoms with Crippen LogP contribution in [0.25, 0.3) is 0 Å². The quantitative estimate of drug-likeness (QED) is 0.394. The molecular weight excluding hydrogens is 540 g/mol. The molecule has 3 aliphatic heterocycles. The second kappa shape index (κ2) is 9.97. The van der Waals surface area contributed by atoms with Crippen molar-refractivity contribution in [3.63, 3.8) is 0 Å².